The van der Waals surface area contributed by atoms with E-state index in [-0.39, 0.29) is 6.04 Å². The molecule has 1 aromatic rings. The van der Waals surface area contributed by atoms with Gasteiger partial charge in [-0.2, -0.15) is 0 Å². The highest BCUT2D eigenvalue weighted by atomic mass is 35.5. The Morgan fingerprint density at radius 2 is 2.40 bits per heavy atom. The molecule has 3 nitrogen and oxygen atoms in total. The van der Waals surface area contributed by atoms with E-state index in [1.807, 2.05) is 24.3 Å². The van der Waals surface area contributed by atoms with Crippen LogP contribution in [0.3, 0.4) is 0 Å². The number of rotatable bonds is 3. The van der Waals surface area contributed by atoms with Gasteiger partial charge in [-0.3, -0.25) is 0 Å². The number of aliphatic imine (C=N–C) groups is 1. The summed E-state index contributed by atoms with van der Waals surface area (Å²) in [5.41, 5.74) is 6.40. The first kappa shape index (κ1) is 10.5. The summed E-state index contributed by atoms with van der Waals surface area (Å²) in [6.45, 7) is 1.26. The maximum absolute atomic E-state index is 5.89. The summed E-state index contributed by atoms with van der Waals surface area (Å²) in [7, 11) is 0. The van der Waals surface area contributed by atoms with Gasteiger partial charge in [0.2, 0.25) is 5.90 Å². The van der Waals surface area contributed by atoms with Crippen LogP contribution in [0.25, 0.3) is 0 Å². The van der Waals surface area contributed by atoms with E-state index < -0.39 is 0 Å². The van der Waals surface area contributed by atoms with Gasteiger partial charge in [-0.1, -0.05) is 17.7 Å². The Hall–Kier alpha value is -1.06. The van der Waals surface area contributed by atoms with Crippen molar-refractivity contribution in [1.82, 2.24) is 0 Å². The second-order valence-corrected chi connectivity index (χ2v) is 3.92. The Morgan fingerprint density at radius 1 is 1.53 bits per heavy atom. The third-order valence-corrected chi connectivity index (χ3v) is 2.52. The highest BCUT2D eigenvalue weighted by Crippen LogP contribution is 2.17. The van der Waals surface area contributed by atoms with Gasteiger partial charge in [0.1, 0.15) is 6.61 Å². The fourth-order valence-corrected chi connectivity index (χ4v) is 1.73. The average molecular weight is 225 g/mol. The third-order valence-electron chi connectivity index (χ3n) is 2.28. The lowest BCUT2D eigenvalue weighted by Gasteiger charge is -2.01. The van der Waals surface area contributed by atoms with Crippen LogP contribution in [-0.4, -0.2) is 25.1 Å². The van der Waals surface area contributed by atoms with Crippen LogP contribution in [0.15, 0.2) is 29.3 Å². The lowest BCUT2D eigenvalue weighted by Crippen LogP contribution is -2.12. The SMILES string of the molecule is NCCC1COC(c2cccc(Cl)c2)=N1. The average Bonchev–Trinajstić information content (AvgIpc) is 2.67. The largest absolute Gasteiger partial charge is 0.475 e. The first-order chi connectivity index (χ1) is 7.29. The number of nitrogens with zero attached hydrogens (tertiary/aromatic N) is 1. The number of hydrogen-bond donors (Lipinski definition) is 1. The van der Waals surface area contributed by atoms with Gasteiger partial charge in [-0.05, 0) is 31.2 Å². The molecule has 1 aliphatic heterocycles. The van der Waals surface area contributed by atoms with E-state index in [9.17, 15) is 0 Å². The van der Waals surface area contributed by atoms with E-state index in [4.69, 9.17) is 22.1 Å². The summed E-state index contributed by atoms with van der Waals surface area (Å²) < 4.78 is 5.49. The molecule has 0 bridgehead atoms. The first-order valence-corrected chi connectivity index (χ1v) is 5.34. The summed E-state index contributed by atoms with van der Waals surface area (Å²) in [4.78, 5) is 4.44. The molecule has 0 amide bonds. The Labute approximate surface area is 93.9 Å². The molecule has 0 aliphatic carbocycles. The second-order valence-electron chi connectivity index (χ2n) is 3.49. The quantitative estimate of drug-likeness (QED) is 0.852. The number of hydrogen-bond acceptors (Lipinski definition) is 3. The van der Waals surface area contributed by atoms with Crippen molar-refractivity contribution in [1.29, 1.82) is 0 Å². The number of nitrogens with two attached hydrogens (primary N) is 1. The molecule has 15 heavy (non-hydrogen) atoms. The van der Waals surface area contributed by atoms with Crippen LogP contribution in [-0.2, 0) is 4.74 Å². The highest BCUT2D eigenvalue weighted by Gasteiger charge is 2.19. The van der Waals surface area contributed by atoms with E-state index in [2.05, 4.69) is 4.99 Å². The molecule has 1 aliphatic rings. The molecule has 1 aromatic carbocycles. The summed E-state index contributed by atoms with van der Waals surface area (Å²) in [6.07, 6.45) is 0.865. The summed E-state index contributed by atoms with van der Waals surface area (Å²) in [6, 6.07) is 7.71. The normalized spacial score (nSPS) is 19.9. The van der Waals surface area contributed by atoms with E-state index in [1.165, 1.54) is 0 Å². The van der Waals surface area contributed by atoms with Gasteiger partial charge in [0.05, 0.1) is 6.04 Å². The van der Waals surface area contributed by atoms with Crippen LogP contribution in [0.5, 0.6) is 0 Å². The van der Waals surface area contributed by atoms with Gasteiger partial charge in [0.15, 0.2) is 0 Å². The minimum atomic E-state index is 0.198. The summed E-state index contributed by atoms with van der Waals surface area (Å²) in [5.74, 6) is 0.677. The van der Waals surface area contributed by atoms with Gasteiger partial charge in [0, 0.05) is 10.6 Å². The zero-order valence-corrected chi connectivity index (χ0v) is 9.07. The predicted octanol–water partition coefficient (Wildman–Crippen LogP) is 1.83. The topological polar surface area (TPSA) is 47.6 Å². The molecular weight excluding hydrogens is 212 g/mol. The molecular formula is C11H13ClN2O. The predicted molar refractivity (Wildman–Crippen MR) is 61.4 cm³/mol. The maximum Gasteiger partial charge on any atom is 0.216 e. The van der Waals surface area contributed by atoms with Crippen LogP contribution >= 0.6 is 11.6 Å². The van der Waals surface area contributed by atoms with Crippen molar-refractivity contribution in [3.05, 3.63) is 34.9 Å². The standard InChI is InChI=1S/C11H13ClN2O/c12-9-3-1-2-8(6-9)11-14-10(4-5-13)7-15-11/h1-3,6,10H,4-5,7,13H2. The maximum atomic E-state index is 5.89. The fourth-order valence-electron chi connectivity index (χ4n) is 1.54. The van der Waals surface area contributed by atoms with E-state index in [0.29, 0.717) is 24.1 Å². The lowest BCUT2D eigenvalue weighted by molar-refractivity contribution is 0.313. The van der Waals surface area contributed by atoms with Gasteiger partial charge in [-0.15, -0.1) is 0 Å². The second kappa shape index (κ2) is 4.64. The zero-order valence-electron chi connectivity index (χ0n) is 8.32. The van der Waals surface area contributed by atoms with Crippen molar-refractivity contribution in [3.8, 4) is 0 Å². The summed E-state index contributed by atoms with van der Waals surface area (Å²) in [5, 5.41) is 0.695. The van der Waals surface area contributed by atoms with Gasteiger partial charge < -0.3 is 10.5 Å². The molecule has 2 rings (SSSR count). The minimum Gasteiger partial charge on any atom is -0.475 e. The molecule has 0 spiro atoms. The Bertz CT molecular complexity index is 379. The van der Waals surface area contributed by atoms with Crippen LogP contribution < -0.4 is 5.73 Å². The van der Waals surface area contributed by atoms with Gasteiger partial charge >= 0.3 is 0 Å². The molecule has 0 radical (unpaired) electrons. The Morgan fingerprint density at radius 3 is 3.13 bits per heavy atom. The van der Waals surface area contributed by atoms with Crippen molar-refractivity contribution >= 4 is 17.5 Å². The molecule has 0 saturated carbocycles. The van der Waals surface area contributed by atoms with E-state index >= 15 is 0 Å². The van der Waals surface area contributed by atoms with Crippen LogP contribution in [0.1, 0.15) is 12.0 Å². The van der Waals surface area contributed by atoms with Crippen LogP contribution in [0.2, 0.25) is 5.02 Å². The van der Waals surface area contributed by atoms with Crippen molar-refractivity contribution in [3.63, 3.8) is 0 Å². The third kappa shape index (κ3) is 2.49. The Balaban J connectivity index is 2.15. The Kier molecular flexibility index (Phi) is 3.23. The highest BCUT2D eigenvalue weighted by molar-refractivity contribution is 6.30. The molecule has 0 saturated heterocycles. The number of ether oxygens (including phenoxy) is 1. The van der Waals surface area contributed by atoms with Gasteiger partial charge in [-0.25, -0.2) is 4.99 Å². The van der Waals surface area contributed by atoms with E-state index in [0.717, 1.165) is 12.0 Å². The molecule has 4 heteroatoms. The van der Waals surface area contributed by atoms with Crippen molar-refractivity contribution in [2.24, 2.45) is 10.7 Å². The van der Waals surface area contributed by atoms with Crippen molar-refractivity contribution in [2.75, 3.05) is 13.2 Å². The lowest BCUT2D eigenvalue weighted by atomic mass is 10.2. The molecule has 0 aromatic heterocycles. The van der Waals surface area contributed by atoms with Crippen LogP contribution in [0, 0.1) is 0 Å². The molecule has 1 atom stereocenters. The minimum absolute atomic E-state index is 0.198. The smallest absolute Gasteiger partial charge is 0.216 e. The van der Waals surface area contributed by atoms with E-state index in [1.54, 1.807) is 0 Å². The molecule has 1 unspecified atom stereocenters. The number of benzene rings is 1. The molecule has 80 valence electrons. The zero-order chi connectivity index (χ0) is 10.7. The molecule has 0 fully saturated rings. The summed E-state index contributed by atoms with van der Waals surface area (Å²) >= 11 is 5.89. The van der Waals surface area contributed by atoms with Gasteiger partial charge in [0.25, 0.3) is 0 Å². The molecule has 1 heterocycles. The monoisotopic (exact) mass is 224 g/mol. The van der Waals surface area contributed by atoms with Crippen LogP contribution in [0.4, 0.5) is 0 Å². The number of halogens is 1. The first-order valence-electron chi connectivity index (χ1n) is 4.96. The van der Waals surface area contributed by atoms with Crippen molar-refractivity contribution in [2.45, 2.75) is 12.5 Å². The van der Waals surface area contributed by atoms with Crippen molar-refractivity contribution < 1.29 is 4.74 Å². The molecule has 2 N–H and O–H groups in total. The fraction of sp³-hybridized carbons (Fsp3) is 0.364.